The highest BCUT2D eigenvalue weighted by Crippen LogP contribution is 2.39. The molecule has 2 heterocycles. The molecule has 9 nitrogen and oxygen atoms in total. The largest absolute Gasteiger partial charge is 0.495 e. The molecular formula is C31H41N7O2. The van der Waals surface area contributed by atoms with Gasteiger partial charge in [-0.25, -0.2) is 4.98 Å². The van der Waals surface area contributed by atoms with Crippen LogP contribution in [0.4, 0.5) is 17.5 Å². The van der Waals surface area contributed by atoms with Gasteiger partial charge in [0.05, 0.1) is 30.3 Å². The highest BCUT2D eigenvalue weighted by Gasteiger charge is 2.20. The topological polar surface area (TPSA) is 103 Å². The minimum atomic E-state index is 0.169. The Kier molecular flexibility index (Phi) is 9.96. The minimum Gasteiger partial charge on any atom is -0.495 e. The molecule has 0 aliphatic carbocycles. The molecule has 0 aliphatic heterocycles. The van der Waals surface area contributed by atoms with Gasteiger partial charge < -0.3 is 25.4 Å². The van der Waals surface area contributed by atoms with Crippen LogP contribution < -0.4 is 20.5 Å². The molecule has 4 aromatic rings. The fraction of sp³-hybridized carbons (Fsp3) is 0.387. The molecule has 4 rings (SSSR count). The summed E-state index contributed by atoms with van der Waals surface area (Å²) in [6.45, 7) is 13.1. The lowest BCUT2D eigenvalue weighted by Gasteiger charge is -2.18. The number of aromatic nitrogens is 4. The Bertz CT molecular complexity index is 1360. The number of likely N-dealkylation sites (N-methyl/N-ethyl adjacent to an activating group) is 1. The fourth-order valence-electron chi connectivity index (χ4n) is 4.47. The SMILES string of the molecule is CCN(CC)CCOc1ccc(-c2nc(N)nc(Nc3ccccc3OC)c2-c2cnn(CCC(C)C)c2)cc1. The maximum absolute atomic E-state index is 6.26. The zero-order valence-electron chi connectivity index (χ0n) is 24.2. The Hall–Kier alpha value is -4.11. The third-order valence-electron chi connectivity index (χ3n) is 6.84. The number of rotatable bonds is 14. The third-order valence-corrected chi connectivity index (χ3v) is 6.84. The Labute approximate surface area is 237 Å². The van der Waals surface area contributed by atoms with Gasteiger partial charge in [0, 0.05) is 30.4 Å². The van der Waals surface area contributed by atoms with E-state index < -0.39 is 0 Å². The predicted molar refractivity (Wildman–Crippen MR) is 162 cm³/mol. The first-order valence-corrected chi connectivity index (χ1v) is 14.0. The third kappa shape index (κ3) is 7.30. The van der Waals surface area contributed by atoms with Crippen LogP contribution in [0, 0.1) is 5.92 Å². The number of benzene rings is 2. The highest BCUT2D eigenvalue weighted by atomic mass is 16.5. The minimum absolute atomic E-state index is 0.169. The van der Waals surface area contributed by atoms with Gasteiger partial charge in [-0.05, 0) is 61.8 Å². The first-order chi connectivity index (χ1) is 19.4. The number of nitrogen functional groups attached to an aromatic ring is 1. The van der Waals surface area contributed by atoms with Gasteiger partial charge in [-0.1, -0.05) is 39.8 Å². The lowest BCUT2D eigenvalue weighted by molar-refractivity contribution is 0.223. The number of ether oxygens (including phenoxy) is 2. The monoisotopic (exact) mass is 543 g/mol. The van der Waals surface area contributed by atoms with Crippen molar-refractivity contribution in [3.8, 4) is 33.9 Å². The van der Waals surface area contributed by atoms with Gasteiger partial charge in [0.2, 0.25) is 5.95 Å². The highest BCUT2D eigenvalue weighted by molar-refractivity contribution is 5.90. The Balaban J connectivity index is 1.71. The number of hydrogen-bond acceptors (Lipinski definition) is 8. The van der Waals surface area contributed by atoms with Crippen molar-refractivity contribution >= 4 is 17.5 Å². The number of anilines is 3. The summed E-state index contributed by atoms with van der Waals surface area (Å²) < 4.78 is 13.5. The molecule has 9 heteroatoms. The summed E-state index contributed by atoms with van der Waals surface area (Å²) >= 11 is 0. The van der Waals surface area contributed by atoms with Crippen molar-refractivity contribution in [2.45, 2.75) is 40.7 Å². The van der Waals surface area contributed by atoms with E-state index in [2.05, 4.69) is 48.0 Å². The van der Waals surface area contributed by atoms with Crippen molar-refractivity contribution in [2.75, 3.05) is 44.4 Å². The van der Waals surface area contributed by atoms with Crippen molar-refractivity contribution in [1.29, 1.82) is 0 Å². The second-order valence-electron chi connectivity index (χ2n) is 10.1. The van der Waals surface area contributed by atoms with E-state index in [-0.39, 0.29) is 5.95 Å². The number of nitrogens with one attached hydrogen (secondary N) is 1. The molecule has 0 unspecified atom stereocenters. The van der Waals surface area contributed by atoms with Crippen molar-refractivity contribution in [3.63, 3.8) is 0 Å². The molecule has 3 N–H and O–H groups in total. The number of methoxy groups -OCH3 is 1. The number of aryl methyl sites for hydroxylation is 1. The Morgan fingerprint density at radius 3 is 2.45 bits per heavy atom. The lowest BCUT2D eigenvalue weighted by atomic mass is 10.0. The van der Waals surface area contributed by atoms with Crippen LogP contribution >= 0.6 is 0 Å². The fourth-order valence-corrected chi connectivity index (χ4v) is 4.47. The molecular weight excluding hydrogens is 502 g/mol. The Morgan fingerprint density at radius 2 is 1.75 bits per heavy atom. The number of para-hydroxylation sites is 2. The molecule has 0 aliphatic rings. The van der Waals surface area contributed by atoms with E-state index in [0.29, 0.717) is 29.8 Å². The lowest BCUT2D eigenvalue weighted by Crippen LogP contribution is -2.27. The van der Waals surface area contributed by atoms with E-state index in [1.165, 1.54) is 0 Å². The van der Waals surface area contributed by atoms with E-state index in [4.69, 9.17) is 20.2 Å². The second kappa shape index (κ2) is 13.8. The molecule has 0 bridgehead atoms. The van der Waals surface area contributed by atoms with Gasteiger partial charge in [0.25, 0.3) is 0 Å². The molecule has 40 heavy (non-hydrogen) atoms. The molecule has 0 amide bonds. The molecule has 0 spiro atoms. The number of nitrogens with two attached hydrogens (primary N) is 1. The zero-order valence-corrected chi connectivity index (χ0v) is 24.2. The molecule has 0 fully saturated rings. The average molecular weight is 544 g/mol. The first-order valence-electron chi connectivity index (χ1n) is 14.0. The van der Waals surface area contributed by atoms with Gasteiger partial charge >= 0.3 is 0 Å². The standard InChI is InChI=1S/C31H41N7O2/c1-6-37(7-2)18-19-40-25-14-12-23(13-15-25)29-28(24-20-33-38(21-24)17-16-22(3)4)30(36-31(32)35-29)34-26-10-8-9-11-27(26)39-5/h8-15,20-22H,6-7,16-19H2,1-5H3,(H3,32,34,35,36). The number of hydrogen-bond donors (Lipinski definition) is 2. The summed E-state index contributed by atoms with van der Waals surface area (Å²) in [6.07, 6.45) is 4.93. The van der Waals surface area contributed by atoms with Gasteiger partial charge in [0.15, 0.2) is 0 Å². The molecule has 0 atom stereocenters. The van der Waals surface area contributed by atoms with Gasteiger partial charge in [-0.2, -0.15) is 10.1 Å². The van der Waals surface area contributed by atoms with E-state index in [9.17, 15) is 0 Å². The molecule has 2 aromatic carbocycles. The van der Waals surface area contributed by atoms with Crippen molar-refractivity contribution in [1.82, 2.24) is 24.6 Å². The quantitative estimate of drug-likeness (QED) is 0.196. The summed E-state index contributed by atoms with van der Waals surface area (Å²) in [5.41, 5.74) is 10.4. The van der Waals surface area contributed by atoms with Crippen LogP contribution in [0.25, 0.3) is 22.4 Å². The van der Waals surface area contributed by atoms with Crippen molar-refractivity contribution in [2.24, 2.45) is 5.92 Å². The Morgan fingerprint density at radius 1 is 1.00 bits per heavy atom. The molecule has 212 valence electrons. The van der Waals surface area contributed by atoms with Crippen LogP contribution in [0.1, 0.15) is 34.1 Å². The normalized spacial score (nSPS) is 11.3. The smallest absolute Gasteiger partial charge is 0.222 e. The van der Waals surface area contributed by atoms with Crippen molar-refractivity contribution in [3.05, 3.63) is 60.9 Å². The molecule has 0 radical (unpaired) electrons. The van der Waals surface area contributed by atoms with Crippen LogP contribution in [0.15, 0.2) is 60.9 Å². The summed E-state index contributed by atoms with van der Waals surface area (Å²) in [4.78, 5) is 11.6. The van der Waals surface area contributed by atoms with Gasteiger partial charge in [-0.15, -0.1) is 0 Å². The van der Waals surface area contributed by atoms with Gasteiger partial charge in [-0.3, -0.25) is 4.68 Å². The van der Waals surface area contributed by atoms with Gasteiger partial charge in [0.1, 0.15) is 23.9 Å². The predicted octanol–water partition coefficient (Wildman–Crippen LogP) is 6.11. The summed E-state index contributed by atoms with van der Waals surface area (Å²) in [7, 11) is 1.64. The van der Waals surface area contributed by atoms with E-state index in [1.807, 2.05) is 65.6 Å². The average Bonchev–Trinajstić information content (AvgIpc) is 3.43. The van der Waals surface area contributed by atoms with Crippen LogP contribution in [-0.2, 0) is 6.54 Å². The second-order valence-corrected chi connectivity index (χ2v) is 10.1. The van der Waals surface area contributed by atoms with E-state index in [0.717, 1.165) is 60.7 Å². The summed E-state index contributed by atoms with van der Waals surface area (Å²) in [5.74, 6) is 2.84. The van der Waals surface area contributed by atoms with Crippen LogP contribution in [0.2, 0.25) is 0 Å². The molecule has 0 saturated heterocycles. The maximum atomic E-state index is 6.26. The molecule has 0 saturated carbocycles. The van der Waals surface area contributed by atoms with Crippen molar-refractivity contribution < 1.29 is 9.47 Å². The number of nitrogens with zero attached hydrogens (tertiary/aromatic N) is 5. The van der Waals surface area contributed by atoms with E-state index >= 15 is 0 Å². The zero-order chi connectivity index (χ0) is 28.5. The summed E-state index contributed by atoms with van der Waals surface area (Å²) in [5, 5.41) is 8.07. The maximum Gasteiger partial charge on any atom is 0.222 e. The van der Waals surface area contributed by atoms with Crippen LogP contribution in [-0.4, -0.2) is 58.0 Å². The first kappa shape index (κ1) is 28.9. The van der Waals surface area contributed by atoms with E-state index in [1.54, 1.807) is 7.11 Å². The summed E-state index contributed by atoms with van der Waals surface area (Å²) in [6, 6.07) is 15.7. The van der Waals surface area contributed by atoms with Crippen LogP contribution in [0.3, 0.4) is 0 Å². The molecule has 2 aromatic heterocycles. The van der Waals surface area contributed by atoms with Crippen LogP contribution in [0.5, 0.6) is 11.5 Å².